The molecule has 1 unspecified atom stereocenters. The van der Waals surface area contributed by atoms with Gasteiger partial charge < -0.3 is 14.6 Å². The van der Waals surface area contributed by atoms with E-state index >= 15 is 0 Å². The molecular formula is C28H31NO6S2. The van der Waals surface area contributed by atoms with E-state index in [1.54, 1.807) is 18.0 Å². The molecule has 4 rings (SSSR count). The Morgan fingerprint density at radius 2 is 1.89 bits per heavy atom. The van der Waals surface area contributed by atoms with Gasteiger partial charge in [0.15, 0.2) is 0 Å². The molecule has 1 aliphatic heterocycles. The van der Waals surface area contributed by atoms with Crippen LogP contribution in [0.2, 0.25) is 0 Å². The number of carboxylic acids is 1. The van der Waals surface area contributed by atoms with E-state index in [0.717, 1.165) is 49.8 Å². The number of benzene rings is 2. The van der Waals surface area contributed by atoms with Gasteiger partial charge in [0.2, 0.25) is 5.88 Å². The Labute approximate surface area is 222 Å². The Bertz CT molecular complexity index is 1380. The molecule has 2 heterocycles. The molecule has 0 fully saturated rings. The summed E-state index contributed by atoms with van der Waals surface area (Å²) in [4.78, 5) is 16.5. The largest absolute Gasteiger partial charge is 0.494 e. The highest BCUT2D eigenvalue weighted by atomic mass is 32.2. The zero-order valence-corrected chi connectivity index (χ0v) is 22.8. The normalized spacial score (nSPS) is 14.8. The minimum Gasteiger partial charge on any atom is -0.494 e. The number of aliphatic carboxylic acids is 1. The molecule has 1 aromatic heterocycles. The lowest BCUT2D eigenvalue weighted by Crippen LogP contribution is -2.08. The summed E-state index contributed by atoms with van der Waals surface area (Å²) in [5.41, 5.74) is 6.34. The van der Waals surface area contributed by atoms with E-state index in [1.165, 1.54) is 6.26 Å². The lowest BCUT2D eigenvalue weighted by atomic mass is 9.94. The second kappa shape index (κ2) is 11.6. The second-order valence-corrected chi connectivity index (χ2v) is 12.7. The Morgan fingerprint density at radius 3 is 2.59 bits per heavy atom. The van der Waals surface area contributed by atoms with Crippen LogP contribution in [0.15, 0.2) is 53.6 Å². The van der Waals surface area contributed by atoms with Crippen LogP contribution in [-0.4, -0.2) is 48.8 Å². The van der Waals surface area contributed by atoms with Gasteiger partial charge >= 0.3 is 5.97 Å². The Hall–Kier alpha value is -3.04. The summed E-state index contributed by atoms with van der Waals surface area (Å²) in [7, 11) is -2.99. The molecular weight excluding hydrogens is 510 g/mol. The van der Waals surface area contributed by atoms with Crippen LogP contribution < -0.4 is 9.47 Å². The lowest BCUT2D eigenvalue weighted by molar-refractivity contribution is -0.137. The summed E-state index contributed by atoms with van der Waals surface area (Å²) < 4.78 is 34.4. The van der Waals surface area contributed by atoms with E-state index < -0.39 is 15.8 Å². The van der Waals surface area contributed by atoms with Crippen molar-refractivity contribution in [2.75, 3.05) is 24.4 Å². The zero-order chi connectivity index (χ0) is 26.6. The van der Waals surface area contributed by atoms with E-state index in [1.807, 2.05) is 44.2 Å². The number of pyridine rings is 1. The first-order chi connectivity index (χ1) is 17.6. The molecule has 2 aromatic carbocycles. The first-order valence-corrected chi connectivity index (χ1v) is 15.1. The average molecular weight is 542 g/mol. The molecule has 0 saturated heterocycles. The molecule has 0 aliphatic carbocycles. The number of ether oxygens (including phenoxy) is 2. The standard InChI is InChI=1S/C28H31NO6S2/c1-18-10-23(34-8-5-9-37(3,32)33)11-19(2)28(18)21-7-4-6-20(12-21)16-35-26-14-25-24(15-29-26)22(17-36-25)13-27(30)31/h4,6-7,10-12,14-15,22H,5,8-9,13,16-17H2,1-3H3,(H,30,31). The Kier molecular flexibility index (Phi) is 8.44. The van der Waals surface area contributed by atoms with E-state index in [-0.39, 0.29) is 18.1 Å². The summed E-state index contributed by atoms with van der Waals surface area (Å²) in [6.07, 6.45) is 3.55. The fourth-order valence-electron chi connectivity index (χ4n) is 4.55. The van der Waals surface area contributed by atoms with Crippen LogP contribution in [0.1, 0.15) is 41.0 Å². The van der Waals surface area contributed by atoms with Crippen LogP contribution in [0.5, 0.6) is 11.6 Å². The van der Waals surface area contributed by atoms with Gasteiger partial charge in [-0.2, -0.15) is 0 Å². The maximum absolute atomic E-state index is 11.3. The van der Waals surface area contributed by atoms with Crippen molar-refractivity contribution in [1.82, 2.24) is 4.98 Å². The third kappa shape index (κ3) is 7.26. The quantitative estimate of drug-likeness (QED) is 0.321. The summed E-state index contributed by atoms with van der Waals surface area (Å²) >= 11 is 1.64. The molecule has 0 saturated carbocycles. The number of hydrogen-bond donors (Lipinski definition) is 1. The van der Waals surface area contributed by atoms with Crippen molar-refractivity contribution in [3.05, 3.63) is 70.9 Å². The van der Waals surface area contributed by atoms with Crippen molar-refractivity contribution in [1.29, 1.82) is 0 Å². The number of nitrogens with zero attached hydrogens (tertiary/aromatic N) is 1. The minimum atomic E-state index is -2.99. The maximum atomic E-state index is 11.3. The monoisotopic (exact) mass is 541 g/mol. The fraction of sp³-hybridized carbons (Fsp3) is 0.357. The van der Waals surface area contributed by atoms with E-state index in [4.69, 9.17) is 14.6 Å². The molecule has 196 valence electrons. The number of fused-ring (bicyclic) bond motifs is 1. The third-order valence-corrected chi connectivity index (χ3v) is 8.47. The molecule has 0 spiro atoms. The molecule has 1 aliphatic rings. The Balaban J connectivity index is 1.42. The second-order valence-electron chi connectivity index (χ2n) is 9.42. The molecule has 9 heteroatoms. The number of carbonyl (C=O) groups is 1. The van der Waals surface area contributed by atoms with Gasteiger partial charge in [-0.05, 0) is 71.8 Å². The van der Waals surface area contributed by atoms with Crippen LogP contribution in [0.3, 0.4) is 0 Å². The topological polar surface area (TPSA) is 103 Å². The predicted octanol–water partition coefficient (Wildman–Crippen LogP) is 5.42. The SMILES string of the molecule is Cc1cc(OCCCS(C)(=O)=O)cc(C)c1-c1cccc(COc2cc3c(cn2)C(CC(=O)O)CS3)c1. The molecule has 1 N–H and O–H groups in total. The zero-order valence-electron chi connectivity index (χ0n) is 21.2. The van der Waals surface area contributed by atoms with Crippen LogP contribution >= 0.6 is 11.8 Å². The number of sulfone groups is 1. The number of thioether (sulfide) groups is 1. The van der Waals surface area contributed by atoms with Gasteiger partial charge in [-0.15, -0.1) is 11.8 Å². The third-order valence-electron chi connectivity index (χ3n) is 6.21. The molecule has 0 bridgehead atoms. The average Bonchev–Trinajstić information content (AvgIpc) is 3.21. The Morgan fingerprint density at radius 1 is 1.14 bits per heavy atom. The van der Waals surface area contributed by atoms with Crippen LogP contribution in [-0.2, 0) is 21.2 Å². The van der Waals surface area contributed by atoms with Crippen molar-refractivity contribution >= 4 is 27.6 Å². The van der Waals surface area contributed by atoms with Crippen molar-refractivity contribution < 1.29 is 27.8 Å². The molecule has 3 aromatic rings. The number of aryl methyl sites for hydroxylation is 2. The summed E-state index contributed by atoms with van der Waals surface area (Å²) in [5.74, 6) is 1.32. The number of rotatable bonds is 11. The van der Waals surface area contributed by atoms with Crippen molar-refractivity contribution in [3.8, 4) is 22.8 Å². The van der Waals surface area contributed by atoms with E-state index in [0.29, 0.717) is 25.5 Å². The van der Waals surface area contributed by atoms with E-state index in [2.05, 4.69) is 17.1 Å². The van der Waals surface area contributed by atoms with Crippen LogP contribution in [0, 0.1) is 13.8 Å². The van der Waals surface area contributed by atoms with Crippen LogP contribution in [0.25, 0.3) is 11.1 Å². The highest BCUT2D eigenvalue weighted by molar-refractivity contribution is 7.99. The predicted molar refractivity (Wildman–Crippen MR) is 145 cm³/mol. The highest BCUT2D eigenvalue weighted by Gasteiger charge is 2.26. The van der Waals surface area contributed by atoms with Gasteiger partial charge in [-0.25, -0.2) is 13.4 Å². The first-order valence-electron chi connectivity index (χ1n) is 12.1. The first kappa shape index (κ1) is 27.0. The maximum Gasteiger partial charge on any atom is 0.303 e. The van der Waals surface area contributed by atoms with Crippen LogP contribution in [0.4, 0.5) is 0 Å². The van der Waals surface area contributed by atoms with Crippen molar-refractivity contribution in [2.45, 2.75) is 44.1 Å². The molecule has 0 radical (unpaired) electrons. The minimum absolute atomic E-state index is 0.00788. The van der Waals surface area contributed by atoms with Gasteiger partial charge in [0.1, 0.15) is 22.2 Å². The molecule has 0 amide bonds. The lowest BCUT2D eigenvalue weighted by Gasteiger charge is -2.15. The van der Waals surface area contributed by atoms with Crippen molar-refractivity contribution in [3.63, 3.8) is 0 Å². The van der Waals surface area contributed by atoms with Gasteiger partial charge in [-0.3, -0.25) is 4.79 Å². The summed E-state index contributed by atoms with van der Waals surface area (Å²) in [6.45, 7) is 4.80. The van der Waals surface area contributed by atoms with Gasteiger partial charge in [0, 0.05) is 35.1 Å². The van der Waals surface area contributed by atoms with Gasteiger partial charge in [0.25, 0.3) is 0 Å². The molecule has 7 nitrogen and oxygen atoms in total. The van der Waals surface area contributed by atoms with Crippen molar-refractivity contribution in [2.24, 2.45) is 0 Å². The smallest absolute Gasteiger partial charge is 0.303 e. The van der Waals surface area contributed by atoms with E-state index in [9.17, 15) is 13.2 Å². The van der Waals surface area contributed by atoms with Gasteiger partial charge in [-0.1, -0.05) is 18.2 Å². The molecule has 37 heavy (non-hydrogen) atoms. The highest BCUT2D eigenvalue weighted by Crippen LogP contribution is 2.42. The molecule has 1 atom stereocenters. The number of aromatic nitrogens is 1. The summed E-state index contributed by atoms with van der Waals surface area (Å²) in [5, 5.41) is 9.11. The number of carboxylic acid groups (broad SMARTS) is 1. The summed E-state index contributed by atoms with van der Waals surface area (Å²) in [6, 6.07) is 14.1. The fourth-order valence-corrected chi connectivity index (χ4v) is 6.44. The van der Waals surface area contributed by atoms with Gasteiger partial charge in [0.05, 0.1) is 18.8 Å². The number of hydrogen-bond acceptors (Lipinski definition) is 7.